The van der Waals surface area contributed by atoms with E-state index in [-0.39, 0.29) is 11.9 Å². The molecule has 2 aromatic heterocycles. The standard InChI is InChI=1S/C19H25N5O2/c1-22(2)17(14-11-23(3)16-9-7-6-8-13(14)16)10-20-18(25)15-12-24(4)21-19(15)26-5/h6-9,11-12,17H,10H2,1-5H3,(H,20,25). The van der Waals surface area contributed by atoms with Gasteiger partial charge in [-0.1, -0.05) is 18.2 Å². The number of rotatable bonds is 6. The Morgan fingerprint density at radius 3 is 2.69 bits per heavy atom. The molecular weight excluding hydrogens is 330 g/mol. The number of carbonyl (C=O) groups is 1. The van der Waals surface area contributed by atoms with Crippen molar-refractivity contribution in [2.75, 3.05) is 27.7 Å². The maximum Gasteiger partial charge on any atom is 0.258 e. The van der Waals surface area contributed by atoms with Gasteiger partial charge in [0.05, 0.1) is 13.2 Å². The number of hydrogen-bond donors (Lipinski definition) is 1. The molecule has 0 spiro atoms. The van der Waals surface area contributed by atoms with Gasteiger partial charge >= 0.3 is 0 Å². The van der Waals surface area contributed by atoms with Crippen molar-refractivity contribution in [2.45, 2.75) is 6.04 Å². The maximum absolute atomic E-state index is 12.6. The Balaban J connectivity index is 1.84. The second-order valence-electron chi connectivity index (χ2n) is 6.63. The first-order valence-corrected chi connectivity index (χ1v) is 8.48. The van der Waals surface area contributed by atoms with Crippen molar-refractivity contribution in [1.29, 1.82) is 0 Å². The fourth-order valence-corrected chi connectivity index (χ4v) is 3.27. The minimum Gasteiger partial charge on any atom is -0.479 e. The van der Waals surface area contributed by atoms with Crippen LogP contribution in [0, 0.1) is 0 Å². The van der Waals surface area contributed by atoms with E-state index in [0.717, 1.165) is 0 Å². The summed E-state index contributed by atoms with van der Waals surface area (Å²) in [5, 5.41) is 8.35. The highest BCUT2D eigenvalue weighted by atomic mass is 16.5. The summed E-state index contributed by atoms with van der Waals surface area (Å²) in [6, 6.07) is 8.34. The van der Waals surface area contributed by atoms with Gasteiger partial charge in [0.25, 0.3) is 5.91 Å². The lowest BCUT2D eigenvalue weighted by molar-refractivity contribution is 0.0939. The van der Waals surface area contributed by atoms with Crippen LogP contribution in [0.3, 0.4) is 0 Å². The maximum atomic E-state index is 12.6. The number of aromatic nitrogens is 3. The lowest BCUT2D eigenvalue weighted by atomic mass is 10.0. The first-order valence-electron chi connectivity index (χ1n) is 8.48. The van der Waals surface area contributed by atoms with E-state index in [1.165, 1.54) is 23.6 Å². The van der Waals surface area contributed by atoms with E-state index >= 15 is 0 Å². The third-order valence-corrected chi connectivity index (χ3v) is 4.60. The predicted molar refractivity (Wildman–Crippen MR) is 101 cm³/mol. The molecule has 0 saturated heterocycles. The van der Waals surface area contributed by atoms with Gasteiger partial charge in [-0.2, -0.15) is 0 Å². The summed E-state index contributed by atoms with van der Waals surface area (Å²) < 4.78 is 8.87. The Morgan fingerprint density at radius 2 is 2.00 bits per heavy atom. The van der Waals surface area contributed by atoms with E-state index < -0.39 is 0 Å². The lowest BCUT2D eigenvalue weighted by Crippen LogP contribution is -2.34. The van der Waals surface area contributed by atoms with Gasteiger partial charge in [-0.15, -0.1) is 5.10 Å². The van der Waals surface area contributed by atoms with Crippen LogP contribution < -0.4 is 10.1 Å². The third-order valence-electron chi connectivity index (χ3n) is 4.60. The number of amides is 1. The smallest absolute Gasteiger partial charge is 0.258 e. The second kappa shape index (κ2) is 7.21. The molecule has 7 heteroatoms. The zero-order valence-corrected chi connectivity index (χ0v) is 15.9. The topological polar surface area (TPSA) is 64.3 Å². The molecule has 26 heavy (non-hydrogen) atoms. The Hall–Kier alpha value is -2.80. The molecular formula is C19H25N5O2. The minimum absolute atomic E-state index is 0.0488. The van der Waals surface area contributed by atoms with Crippen molar-refractivity contribution < 1.29 is 9.53 Å². The summed E-state index contributed by atoms with van der Waals surface area (Å²) in [6.07, 6.45) is 3.79. The molecule has 3 rings (SSSR count). The molecule has 0 aliphatic carbocycles. The van der Waals surface area contributed by atoms with Crippen molar-refractivity contribution in [3.05, 3.63) is 47.8 Å². The molecule has 1 unspecified atom stereocenters. The highest BCUT2D eigenvalue weighted by Crippen LogP contribution is 2.28. The first kappa shape index (κ1) is 18.0. The largest absolute Gasteiger partial charge is 0.479 e. The molecule has 1 atom stereocenters. The van der Waals surface area contributed by atoms with Crippen LogP contribution in [0.25, 0.3) is 10.9 Å². The summed E-state index contributed by atoms with van der Waals surface area (Å²) in [5.74, 6) is 0.138. The van der Waals surface area contributed by atoms with Crippen molar-refractivity contribution in [3.8, 4) is 5.88 Å². The Bertz CT molecular complexity index is 925. The van der Waals surface area contributed by atoms with Gasteiger partial charge < -0.3 is 19.5 Å². The summed E-state index contributed by atoms with van der Waals surface area (Å²) in [5.41, 5.74) is 2.80. The molecule has 0 aliphatic heterocycles. The number of nitrogens with one attached hydrogen (secondary N) is 1. The number of hydrogen-bond acceptors (Lipinski definition) is 4. The van der Waals surface area contributed by atoms with E-state index in [9.17, 15) is 4.79 Å². The second-order valence-corrected chi connectivity index (χ2v) is 6.63. The van der Waals surface area contributed by atoms with Gasteiger partial charge in [-0.3, -0.25) is 9.48 Å². The number of fused-ring (bicyclic) bond motifs is 1. The Labute approximate surface area is 153 Å². The molecule has 0 bridgehead atoms. The summed E-state index contributed by atoms with van der Waals surface area (Å²) >= 11 is 0. The van der Waals surface area contributed by atoms with Crippen molar-refractivity contribution >= 4 is 16.8 Å². The number of benzene rings is 1. The fourth-order valence-electron chi connectivity index (χ4n) is 3.27. The highest BCUT2D eigenvalue weighted by molar-refractivity contribution is 5.96. The van der Waals surface area contributed by atoms with Gasteiger partial charge in [0.15, 0.2) is 0 Å². The van der Waals surface area contributed by atoms with Crippen LogP contribution in [0.15, 0.2) is 36.7 Å². The van der Waals surface area contributed by atoms with E-state index in [4.69, 9.17) is 4.74 Å². The van der Waals surface area contributed by atoms with Crippen molar-refractivity contribution in [3.63, 3.8) is 0 Å². The number of para-hydroxylation sites is 1. The number of ether oxygens (including phenoxy) is 1. The van der Waals surface area contributed by atoms with Crippen LogP contribution in [0.4, 0.5) is 0 Å². The van der Waals surface area contributed by atoms with Crippen molar-refractivity contribution in [2.24, 2.45) is 14.1 Å². The van der Waals surface area contributed by atoms with Gasteiger partial charge in [0, 0.05) is 43.9 Å². The van der Waals surface area contributed by atoms with Gasteiger partial charge in [0.2, 0.25) is 5.88 Å². The molecule has 1 N–H and O–H groups in total. The highest BCUT2D eigenvalue weighted by Gasteiger charge is 2.22. The molecule has 138 valence electrons. The van der Waals surface area contributed by atoms with Crippen LogP contribution in [0.1, 0.15) is 22.0 Å². The number of methoxy groups -OCH3 is 1. The SMILES string of the molecule is COc1nn(C)cc1C(=O)NCC(c1cn(C)c2ccccc12)N(C)C. The molecule has 7 nitrogen and oxygen atoms in total. The molecule has 1 amide bonds. The molecule has 0 saturated carbocycles. The van der Waals surface area contributed by atoms with E-state index in [1.54, 1.807) is 17.9 Å². The number of nitrogens with zero attached hydrogens (tertiary/aromatic N) is 4. The zero-order valence-electron chi connectivity index (χ0n) is 15.9. The molecule has 0 aliphatic rings. The first-order chi connectivity index (χ1) is 12.4. The lowest BCUT2D eigenvalue weighted by Gasteiger charge is -2.24. The normalized spacial score (nSPS) is 12.5. The summed E-state index contributed by atoms with van der Waals surface area (Å²) in [6.45, 7) is 0.484. The quantitative estimate of drug-likeness (QED) is 0.734. The average Bonchev–Trinajstić information content (AvgIpc) is 3.15. The van der Waals surface area contributed by atoms with Crippen LogP contribution >= 0.6 is 0 Å². The predicted octanol–water partition coefficient (Wildman–Crippen LogP) is 1.95. The minimum atomic E-state index is -0.193. The molecule has 1 aromatic carbocycles. The Kier molecular flexibility index (Phi) is 4.99. The zero-order chi connectivity index (χ0) is 18.8. The summed E-state index contributed by atoms with van der Waals surface area (Å²) in [4.78, 5) is 14.7. The van der Waals surface area contributed by atoms with Gasteiger partial charge in [-0.05, 0) is 25.7 Å². The monoisotopic (exact) mass is 355 g/mol. The number of carbonyl (C=O) groups excluding carboxylic acids is 1. The van der Waals surface area contributed by atoms with Gasteiger partial charge in [0.1, 0.15) is 5.56 Å². The molecule has 3 aromatic rings. The van der Waals surface area contributed by atoms with Gasteiger partial charge in [-0.25, -0.2) is 0 Å². The molecule has 0 radical (unpaired) electrons. The van der Waals surface area contributed by atoms with Crippen LogP contribution in [0.5, 0.6) is 5.88 Å². The number of likely N-dealkylation sites (N-methyl/N-ethyl adjacent to an activating group) is 1. The van der Waals surface area contributed by atoms with E-state index in [0.29, 0.717) is 18.0 Å². The van der Waals surface area contributed by atoms with Crippen LogP contribution in [0.2, 0.25) is 0 Å². The van der Waals surface area contributed by atoms with Crippen LogP contribution in [-0.4, -0.2) is 52.9 Å². The molecule has 2 heterocycles. The van der Waals surface area contributed by atoms with Crippen molar-refractivity contribution in [1.82, 2.24) is 24.6 Å². The van der Waals surface area contributed by atoms with Crippen LogP contribution in [-0.2, 0) is 14.1 Å². The molecule has 0 fully saturated rings. The number of aryl methyl sites for hydroxylation is 2. The third kappa shape index (κ3) is 3.30. The Morgan fingerprint density at radius 1 is 1.27 bits per heavy atom. The van der Waals surface area contributed by atoms with E-state index in [2.05, 4.69) is 38.2 Å². The fraction of sp³-hybridized carbons (Fsp3) is 0.368. The summed E-state index contributed by atoms with van der Waals surface area (Å²) in [7, 11) is 9.35. The average molecular weight is 355 g/mol. The van der Waals surface area contributed by atoms with E-state index in [1.807, 2.05) is 33.3 Å².